The van der Waals surface area contributed by atoms with Crippen LogP contribution in [0.5, 0.6) is 0 Å². The average Bonchev–Trinajstić information content (AvgIpc) is 2.49. The zero-order chi connectivity index (χ0) is 9.14. The summed E-state index contributed by atoms with van der Waals surface area (Å²) >= 11 is 0. The molecule has 4 heteroatoms. The lowest BCUT2D eigenvalue weighted by Gasteiger charge is -2.08. The monoisotopic (exact) mass is 167 g/mol. The van der Waals surface area contributed by atoms with E-state index in [2.05, 4.69) is 0 Å². The van der Waals surface area contributed by atoms with Crippen LogP contribution in [0.1, 0.15) is 5.76 Å². The summed E-state index contributed by atoms with van der Waals surface area (Å²) in [5.74, 6) is 0.462. The maximum absolute atomic E-state index is 10.8. The van der Waals surface area contributed by atoms with Crippen molar-refractivity contribution in [1.82, 2.24) is 0 Å². The van der Waals surface area contributed by atoms with Gasteiger partial charge in [-0.1, -0.05) is 0 Å². The molecule has 0 fully saturated rings. The second-order valence-electron chi connectivity index (χ2n) is 2.40. The summed E-state index contributed by atoms with van der Waals surface area (Å²) in [7, 11) is 1.48. The van der Waals surface area contributed by atoms with Gasteiger partial charge in [0, 0.05) is 13.1 Å². The van der Waals surface area contributed by atoms with Crippen molar-refractivity contribution in [2.24, 2.45) is 0 Å². The number of nitrogens with zero attached hydrogens (tertiary/aromatic N) is 1. The first kappa shape index (κ1) is 8.52. The summed E-state index contributed by atoms with van der Waals surface area (Å²) < 4.78 is 5.11. The largest absolute Gasteiger partial charge is 0.445 e. The molecule has 1 aromatic heterocycles. The molecular formula is C8H9NO3. The summed E-state index contributed by atoms with van der Waals surface area (Å²) in [6.45, 7) is 1.77. The summed E-state index contributed by atoms with van der Waals surface area (Å²) in [5.41, 5.74) is 0. The van der Waals surface area contributed by atoms with Gasteiger partial charge in [-0.25, -0.2) is 0 Å². The molecule has 0 saturated carbocycles. The molecule has 0 atom stereocenters. The third-order valence-corrected chi connectivity index (χ3v) is 1.49. The van der Waals surface area contributed by atoms with Gasteiger partial charge >= 0.3 is 0 Å². The lowest BCUT2D eigenvalue weighted by molar-refractivity contribution is -0.129. The Morgan fingerprint density at radius 2 is 2.25 bits per heavy atom. The highest BCUT2D eigenvalue weighted by atomic mass is 16.4. The summed E-state index contributed by atoms with van der Waals surface area (Å²) in [6.07, 6.45) is 0.248. The van der Waals surface area contributed by atoms with Crippen LogP contribution in [0, 0.1) is 6.92 Å². The molecule has 0 aliphatic carbocycles. The highest BCUT2D eigenvalue weighted by Crippen LogP contribution is 2.15. The minimum atomic E-state index is -0.621. The maximum Gasteiger partial charge on any atom is 0.293 e. The molecule has 0 aliphatic heterocycles. The van der Waals surface area contributed by atoms with E-state index < -0.39 is 5.91 Å². The molecule has 0 bridgehead atoms. The van der Waals surface area contributed by atoms with Gasteiger partial charge in [-0.2, -0.15) is 0 Å². The molecular weight excluding hydrogens is 158 g/mol. The molecule has 1 amide bonds. The zero-order valence-electron chi connectivity index (χ0n) is 6.90. The van der Waals surface area contributed by atoms with E-state index in [0.717, 1.165) is 4.90 Å². The van der Waals surface area contributed by atoms with Gasteiger partial charge in [0.15, 0.2) is 0 Å². The van der Waals surface area contributed by atoms with Crippen molar-refractivity contribution in [3.8, 4) is 0 Å². The van der Waals surface area contributed by atoms with E-state index in [4.69, 9.17) is 4.42 Å². The molecule has 4 nitrogen and oxygen atoms in total. The van der Waals surface area contributed by atoms with Gasteiger partial charge < -0.3 is 4.42 Å². The smallest absolute Gasteiger partial charge is 0.293 e. The van der Waals surface area contributed by atoms with Crippen LogP contribution >= 0.6 is 0 Å². The van der Waals surface area contributed by atoms with Crippen molar-refractivity contribution >= 4 is 18.1 Å². The summed E-state index contributed by atoms with van der Waals surface area (Å²) in [4.78, 5) is 22.1. The number of amides is 1. The van der Waals surface area contributed by atoms with Crippen molar-refractivity contribution in [2.45, 2.75) is 6.92 Å². The topological polar surface area (TPSA) is 50.5 Å². The molecule has 0 unspecified atom stereocenters. The molecule has 0 N–H and O–H groups in total. The number of carbonyl (C=O) groups excluding carboxylic acids is 2. The minimum absolute atomic E-state index is 0.248. The lowest BCUT2D eigenvalue weighted by Crippen LogP contribution is -2.26. The number of hydrogen-bond acceptors (Lipinski definition) is 3. The third kappa shape index (κ3) is 1.53. The van der Waals surface area contributed by atoms with Gasteiger partial charge in [-0.3, -0.25) is 14.5 Å². The van der Waals surface area contributed by atoms with E-state index in [9.17, 15) is 9.59 Å². The van der Waals surface area contributed by atoms with Crippen LogP contribution in [0.15, 0.2) is 16.5 Å². The number of aryl methyl sites for hydroxylation is 1. The Kier molecular flexibility index (Phi) is 2.28. The molecule has 64 valence electrons. The zero-order valence-corrected chi connectivity index (χ0v) is 6.90. The van der Waals surface area contributed by atoms with Crippen molar-refractivity contribution in [3.05, 3.63) is 17.9 Å². The first-order valence-electron chi connectivity index (χ1n) is 3.44. The van der Waals surface area contributed by atoms with Gasteiger partial charge in [0.05, 0.1) is 0 Å². The summed E-state index contributed by atoms with van der Waals surface area (Å²) in [5, 5.41) is 0. The van der Waals surface area contributed by atoms with Crippen LogP contribution in [-0.4, -0.2) is 19.2 Å². The quantitative estimate of drug-likeness (QED) is 0.482. The van der Waals surface area contributed by atoms with E-state index in [1.807, 2.05) is 0 Å². The number of likely N-dealkylation sites (N-methyl/N-ethyl adjacent to an activating group) is 1. The van der Waals surface area contributed by atoms with Crippen LogP contribution in [0.3, 0.4) is 0 Å². The van der Waals surface area contributed by atoms with Gasteiger partial charge in [-0.05, 0) is 13.0 Å². The second-order valence-corrected chi connectivity index (χ2v) is 2.40. The SMILES string of the molecule is Cc1ccc(N(C)C(=O)C=O)o1. The highest BCUT2D eigenvalue weighted by molar-refractivity contribution is 6.29. The first-order chi connectivity index (χ1) is 5.65. The van der Waals surface area contributed by atoms with Crippen molar-refractivity contribution in [1.29, 1.82) is 0 Å². The molecule has 0 aliphatic rings. The van der Waals surface area contributed by atoms with Gasteiger partial charge in [0.2, 0.25) is 12.2 Å². The van der Waals surface area contributed by atoms with Gasteiger partial charge in [-0.15, -0.1) is 0 Å². The highest BCUT2D eigenvalue weighted by Gasteiger charge is 2.11. The second kappa shape index (κ2) is 3.21. The van der Waals surface area contributed by atoms with Crippen LogP contribution < -0.4 is 4.90 Å². The van der Waals surface area contributed by atoms with Crippen LogP contribution in [0.25, 0.3) is 0 Å². The van der Waals surface area contributed by atoms with Crippen molar-refractivity contribution in [3.63, 3.8) is 0 Å². The van der Waals surface area contributed by atoms with Crippen LogP contribution in [0.4, 0.5) is 5.88 Å². The number of anilines is 1. The molecule has 1 aromatic rings. The van der Waals surface area contributed by atoms with E-state index in [-0.39, 0.29) is 6.29 Å². The standard InChI is InChI=1S/C8H9NO3/c1-6-3-4-8(12-6)9(2)7(11)5-10/h3-5H,1-2H3. The molecule has 0 aromatic carbocycles. The third-order valence-electron chi connectivity index (χ3n) is 1.49. The molecule has 0 spiro atoms. The van der Waals surface area contributed by atoms with Crippen molar-refractivity contribution in [2.75, 3.05) is 11.9 Å². The van der Waals surface area contributed by atoms with Gasteiger partial charge in [0.25, 0.3) is 5.91 Å². The first-order valence-corrected chi connectivity index (χ1v) is 3.44. The van der Waals surface area contributed by atoms with Gasteiger partial charge in [0.1, 0.15) is 5.76 Å². The Hall–Kier alpha value is -1.58. The Balaban J connectivity index is 2.84. The maximum atomic E-state index is 10.8. The Labute approximate surface area is 69.8 Å². The van der Waals surface area contributed by atoms with E-state index >= 15 is 0 Å². The molecule has 12 heavy (non-hydrogen) atoms. The Morgan fingerprint density at radius 3 is 2.67 bits per heavy atom. The number of rotatable bonds is 2. The Bertz CT molecular complexity index is 303. The molecule has 0 saturated heterocycles. The summed E-state index contributed by atoms with van der Waals surface area (Å²) in [6, 6.07) is 3.36. The van der Waals surface area contributed by atoms with E-state index in [0.29, 0.717) is 11.6 Å². The lowest BCUT2D eigenvalue weighted by atomic mass is 10.5. The predicted molar refractivity (Wildman–Crippen MR) is 42.9 cm³/mol. The molecule has 1 rings (SSSR count). The number of hydrogen-bond donors (Lipinski definition) is 0. The number of aldehydes is 1. The fourth-order valence-corrected chi connectivity index (χ4v) is 0.790. The normalized spacial score (nSPS) is 9.50. The fraction of sp³-hybridized carbons (Fsp3) is 0.250. The number of carbonyl (C=O) groups is 2. The fourth-order valence-electron chi connectivity index (χ4n) is 0.790. The van der Waals surface area contributed by atoms with Crippen molar-refractivity contribution < 1.29 is 14.0 Å². The minimum Gasteiger partial charge on any atom is -0.445 e. The predicted octanol–water partition coefficient (Wildman–Crippen LogP) is 0.750. The average molecular weight is 167 g/mol. The van der Waals surface area contributed by atoms with Crippen LogP contribution in [0.2, 0.25) is 0 Å². The van der Waals surface area contributed by atoms with E-state index in [1.54, 1.807) is 19.1 Å². The molecule has 1 heterocycles. The molecule has 0 radical (unpaired) electrons. The number of furan rings is 1. The van der Waals surface area contributed by atoms with Crippen LogP contribution in [-0.2, 0) is 9.59 Å². The Morgan fingerprint density at radius 1 is 1.58 bits per heavy atom. The van der Waals surface area contributed by atoms with E-state index in [1.165, 1.54) is 7.05 Å².